The summed E-state index contributed by atoms with van der Waals surface area (Å²) in [7, 11) is 1.92. The van der Waals surface area contributed by atoms with E-state index in [1.165, 1.54) is 0 Å². The summed E-state index contributed by atoms with van der Waals surface area (Å²) in [6, 6.07) is 17.4. The number of nitrogens with zero attached hydrogens (tertiary/aromatic N) is 3. The van der Waals surface area contributed by atoms with E-state index in [0.29, 0.717) is 18.1 Å². The first-order valence-electron chi connectivity index (χ1n) is 7.17. The molecule has 0 saturated heterocycles. The predicted octanol–water partition coefficient (Wildman–Crippen LogP) is 3.49. The van der Waals surface area contributed by atoms with Gasteiger partial charge >= 0.3 is 0 Å². The van der Waals surface area contributed by atoms with Crippen molar-refractivity contribution in [2.75, 3.05) is 17.3 Å². The predicted molar refractivity (Wildman–Crippen MR) is 93.2 cm³/mol. The highest BCUT2D eigenvalue weighted by molar-refractivity contribution is 7.10. The number of aromatic nitrogens is 2. The van der Waals surface area contributed by atoms with Crippen LogP contribution in [0.25, 0.3) is 0 Å². The molecule has 0 spiro atoms. The van der Waals surface area contributed by atoms with Gasteiger partial charge in [0, 0.05) is 17.6 Å². The Balaban J connectivity index is 1.64. The van der Waals surface area contributed by atoms with Gasteiger partial charge in [0.25, 0.3) is 0 Å². The van der Waals surface area contributed by atoms with Crippen LogP contribution in [0.2, 0.25) is 0 Å². The van der Waals surface area contributed by atoms with Crippen LogP contribution in [0.15, 0.2) is 60.0 Å². The SMILES string of the molecule is CN(c1ccccc1)c1ccc(NC(=O)Cc2cccs2)nn1. The van der Waals surface area contributed by atoms with Gasteiger partial charge in [-0.15, -0.1) is 21.5 Å². The molecule has 1 aromatic carbocycles. The van der Waals surface area contributed by atoms with Crippen LogP contribution in [0.1, 0.15) is 4.88 Å². The second-order valence-electron chi connectivity index (χ2n) is 4.98. The first-order valence-corrected chi connectivity index (χ1v) is 8.05. The molecule has 0 fully saturated rings. The standard InChI is InChI=1S/C17H16N4OS/c1-21(13-6-3-2-4-7-13)16-10-9-15(19-20-16)18-17(22)12-14-8-5-11-23-14/h2-11H,12H2,1H3,(H,18,19,22). The van der Waals surface area contributed by atoms with Crippen LogP contribution in [0.3, 0.4) is 0 Å². The van der Waals surface area contributed by atoms with Gasteiger partial charge in [0.15, 0.2) is 11.6 Å². The first-order chi connectivity index (χ1) is 11.2. The van der Waals surface area contributed by atoms with Gasteiger partial charge in [0.05, 0.1) is 6.42 Å². The van der Waals surface area contributed by atoms with Crippen LogP contribution in [-0.4, -0.2) is 23.2 Å². The maximum Gasteiger partial charge on any atom is 0.230 e. The lowest BCUT2D eigenvalue weighted by Crippen LogP contribution is -2.16. The second kappa shape index (κ2) is 7.02. The van der Waals surface area contributed by atoms with E-state index in [4.69, 9.17) is 0 Å². The molecule has 2 heterocycles. The third-order valence-electron chi connectivity index (χ3n) is 3.32. The van der Waals surface area contributed by atoms with Crippen molar-refractivity contribution in [2.24, 2.45) is 0 Å². The van der Waals surface area contributed by atoms with Gasteiger partial charge in [0.2, 0.25) is 5.91 Å². The number of hydrogen-bond donors (Lipinski definition) is 1. The van der Waals surface area contributed by atoms with E-state index in [-0.39, 0.29) is 5.91 Å². The van der Waals surface area contributed by atoms with E-state index < -0.39 is 0 Å². The molecule has 23 heavy (non-hydrogen) atoms. The summed E-state index contributed by atoms with van der Waals surface area (Å²) in [5.41, 5.74) is 1.02. The Kier molecular flexibility index (Phi) is 4.63. The zero-order chi connectivity index (χ0) is 16.1. The van der Waals surface area contributed by atoms with Crippen molar-refractivity contribution in [3.8, 4) is 0 Å². The van der Waals surface area contributed by atoms with Gasteiger partial charge in [-0.25, -0.2) is 0 Å². The molecule has 0 aliphatic rings. The minimum absolute atomic E-state index is 0.0917. The number of rotatable bonds is 5. The Morgan fingerprint density at radius 2 is 1.91 bits per heavy atom. The zero-order valence-corrected chi connectivity index (χ0v) is 13.5. The summed E-state index contributed by atoms with van der Waals surface area (Å²) in [5.74, 6) is 1.08. The van der Waals surface area contributed by atoms with Gasteiger partial charge in [-0.1, -0.05) is 24.3 Å². The van der Waals surface area contributed by atoms with Crippen molar-refractivity contribution in [3.63, 3.8) is 0 Å². The molecule has 0 bridgehead atoms. The Morgan fingerprint density at radius 3 is 2.57 bits per heavy atom. The average molecular weight is 324 g/mol. The summed E-state index contributed by atoms with van der Waals surface area (Å²) in [6.45, 7) is 0. The fourth-order valence-corrected chi connectivity index (χ4v) is 2.82. The van der Waals surface area contributed by atoms with Gasteiger partial charge in [-0.05, 0) is 35.7 Å². The molecule has 3 rings (SSSR count). The summed E-state index contributed by atoms with van der Waals surface area (Å²) in [6.07, 6.45) is 0.352. The summed E-state index contributed by atoms with van der Waals surface area (Å²) >= 11 is 1.56. The summed E-state index contributed by atoms with van der Waals surface area (Å²) < 4.78 is 0. The number of carbonyl (C=O) groups is 1. The number of carbonyl (C=O) groups excluding carboxylic acids is 1. The van der Waals surface area contributed by atoms with E-state index in [1.54, 1.807) is 17.4 Å². The normalized spacial score (nSPS) is 10.3. The largest absolute Gasteiger partial charge is 0.328 e. The molecule has 0 saturated carbocycles. The molecule has 1 amide bonds. The van der Waals surface area contributed by atoms with Crippen LogP contribution >= 0.6 is 11.3 Å². The zero-order valence-electron chi connectivity index (χ0n) is 12.6. The maximum absolute atomic E-state index is 11.9. The lowest BCUT2D eigenvalue weighted by molar-refractivity contribution is -0.115. The molecule has 0 radical (unpaired) electrons. The molecule has 0 unspecified atom stereocenters. The Hall–Kier alpha value is -2.73. The van der Waals surface area contributed by atoms with Crippen molar-refractivity contribution in [1.82, 2.24) is 10.2 Å². The number of hydrogen-bond acceptors (Lipinski definition) is 5. The Bertz CT molecular complexity index is 757. The number of para-hydroxylation sites is 1. The van der Waals surface area contributed by atoms with Crippen molar-refractivity contribution >= 4 is 34.6 Å². The number of amides is 1. The lowest BCUT2D eigenvalue weighted by atomic mass is 10.3. The molecule has 5 nitrogen and oxygen atoms in total. The van der Waals surface area contributed by atoms with Crippen LogP contribution in [0, 0.1) is 0 Å². The fourth-order valence-electron chi connectivity index (χ4n) is 2.11. The smallest absolute Gasteiger partial charge is 0.230 e. The van der Waals surface area contributed by atoms with E-state index in [1.807, 2.05) is 65.9 Å². The minimum Gasteiger partial charge on any atom is -0.328 e. The molecule has 0 aliphatic carbocycles. The van der Waals surface area contributed by atoms with Gasteiger partial charge in [0.1, 0.15) is 0 Å². The molecule has 6 heteroatoms. The Morgan fingerprint density at radius 1 is 1.09 bits per heavy atom. The molecule has 3 aromatic rings. The van der Waals surface area contributed by atoms with Crippen molar-refractivity contribution in [3.05, 3.63) is 64.9 Å². The fraction of sp³-hybridized carbons (Fsp3) is 0.118. The third-order valence-corrected chi connectivity index (χ3v) is 4.20. The van der Waals surface area contributed by atoms with E-state index >= 15 is 0 Å². The van der Waals surface area contributed by atoms with Crippen LogP contribution in [0.5, 0.6) is 0 Å². The topological polar surface area (TPSA) is 58.1 Å². The van der Waals surface area contributed by atoms with Gasteiger partial charge in [-0.3, -0.25) is 4.79 Å². The van der Waals surface area contributed by atoms with Crippen molar-refractivity contribution < 1.29 is 4.79 Å². The molecular formula is C17H16N4OS. The molecule has 0 atom stereocenters. The quantitative estimate of drug-likeness (QED) is 0.780. The average Bonchev–Trinajstić information content (AvgIpc) is 3.08. The highest BCUT2D eigenvalue weighted by atomic mass is 32.1. The van der Waals surface area contributed by atoms with E-state index in [2.05, 4.69) is 15.5 Å². The van der Waals surface area contributed by atoms with Crippen LogP contribution in [-0.2, 0) is 11.2 Å². The monoisotopic (exact) mass is 324 g/mol. The summed E-state index contributed by atoms with van der Waals surface area (Å²) in [4.78, 5) is 14.9. The molecule has 0 aliphatic heterocycles. The second-order valence-corrected chi connectivity index (χ2v) is 6.01. The van der Waals surface area contributed by atoms with E-state index in [9.17, 15) is 4.79 Å². The van der Waals surface area contributed by atoms with Gasteiger partial charge in [-0.2, -0.15) is 0 Å². The Labute approximate surface area is 138 Å². The number of nitrogens with one attached hydrogen (secondary N) is 1. The van der Waals surface area contributed by atoms with Crippen LogP contribution < -0.4 is 10.2 Å². The summed E-state index contributed by atoms with van der Waals surface area (Å²) in [5, 5.41) is 13.0. The third kappa shape index (κ3) is 3.92. The van der Waals surface area contributed by atoms with Gasteiger partial charge < -0.3 is 10.2 Å². The lowest BCUT2D eigenvalue weighted by Gasteiger charge is -2.17. The van der Waals surface area contributed by atoms with Crippen molar-refractivity contribution in [1.29, 1.82) is 0 Å². The van der Waals surface area contributed by atoms with Crippen molar-refractivity contribution in [2.45, 2.75) is 6.42 Å². The molecule has 116 valence electrons. The first kappa shape index (κ1) is 15.2. The van der Waals surface area contributed by atoms with Crippen LogP contribution in [0.4, 0.5) is 17.3 Å². The number of thiophene rings is 1. The van der Waals surface area contributed by atoms with E-state index in [0.717, 1.165) is 10.6 Å². The minimum atomic E-state index is -0.0917. The number of anilines is 3. The molecular weight excluding hydrogens is 308 g/mol. The maximum atomic E-state index is 11.9. The number of benzene rings is 1. The highest BCUT2D eigenvalue weighted by Gasteiger charge is 2.08. The molecule has 2 aromatic heterocycles. The highest BCUT2D eigenvalue weighted by Crippen LogP contribution is 2.21. The molecule has 1 N–H and O–H groups in total.